The highest BCUT2D eigenvalue weighted by molar-refractivity contribution is 6.01. The first-order valence-electron chi connectivity index (χ1n) is 7.46. The van der Waals surface area contributed by atoms with E-state index < -0.39 is 12.1 Å². The number of nitrogens with one attached hydrogen (secondary N) is 1. The zero-order valence-electron chi connectivity index (χ0n) is 13.4. The smallest absolute Gasteiger partial charge is 0.355 e. The number of aryl methyl sites for hydroxylation is 1. The van der Waals surface area contributed by atoms with E-state index >= 15 is 0 Å². The second kappa shape index (κ2) is 7.05. The van der Waals surface area contributed by atoms with E-state index in [1.54, 1.807) is 12.1 Å². The minimum absolute atomic E-state index is 0.149. The monoisotopic (exact) mass is 313 g/mol. The first-order chi connectivity index (χ1) is 10.9. The predicted molar refractivity (Wildman–Crippen MR) is 85.8 cm³/mol. The van der Waals surface area contributed by atoms with Gasteiger partial charge in [0.05, 0.1) is 5.69 Å². The highest BCUT2D eigenvalue weighted by Crippen LogP contribution is 2.12. The molecule has 1 heterocycles. The van der Waals surface area contributed by atoms with Gasteiger partial charge in [0, 0.05) is 12.5 Å². The van der Waals surface area contributed by atoms with Crippen LogP contribution < -0.4 is 0 Å². The number of aromatic amines is 1. The molecule has 0 bridgehead atoms. The van der Waals surface area contributed by atoms with Gasteiger partial charge in [-0.25, -0.2) is 4.79 Å². The quantitative estimate of drug-likeness (QED) is 0.656. The van der Waals surface area contributed by atoms with Crippen LogP contribution in [0.5, 0.6) is 0 Å². The second-order valence-corrected chi connectivity index (χ2v) is 5.30. The maximum absolute atomic E-state index is 12.3. The van der Waals surface area contributed by atoms with Crippen molar-refractivity contribution in [2.24, 2.45) is 0 Å². The Morgan fingerprint density at radius 2 is 1.65 bits per heavy atom. The summed E-state index contributed by atoms with van der Waals surface area (Å²) in [4.78, 5) is 38.2. The summed E-state index contributed by atoms with van der Waals surface area (Å²) in [6, 6.07) is 10.2. The molecule has 1 atom stereocenters. The number of Topliss-reactive ketones (excluding diaryl/α,β-unsaturated/α-hetero) is 2. The number of benzene rings is 1. The van der Waals surface area contributed by atoms with Gasteiger partial charge >= 0.3 is 5.97 Å². The third-order valence-electron chi connectivity index (χ3n) is 3.58. The standard InChI is InChI=1S/C18H19NO4/c1-4-13-5-7-14(8-6-13)17(21)12(3)23-18(22)16-10-9-15(19-16)11(2)20/h5-10,12,19H,4H2,1-3H3. The summed E-state index contributed by atoms with van der Waals surface area (Å²) in [5, 5.41) is 0. The Morgan fingerprint density at radius 3 is 2.17 bits per heavy atom. The SMILES string of the molecule is CCc1ccc(C(=O)C(C)OC(=O)c2ccc(C(C)=O)[nH]2)cc1. The molecule has 1 aromatic carbocycles. The average molecular weight is 313 g/mol. The van der Waals surface area contributed by atoms with Crippen molar-refractivity contribution >= 4 is 17.5 Å². The third kappa shape index (κ3) is 3.94. The van der Waals surface area contributed by atoms with E-state index in [1.807, 2.05) is 19.1 Å². The van der Waals surface area contributed by atoms with Crippen LogP contribution >= 0.6 is 0 Å². The van der Waals surface area contributed by atoms with Crippen molar-refractivity contribution in [3.8, 4) is 0 Å². The summed E-state index contributed by atoms with van der Waals surface area (Å²) in [5.41, 5.74) is 2.11. The number of ether oxygens (including phenoxy) is 1. The van der Waals surface area contributed by atoms with Gasteiger partial charge in [0.1, 0.15) is 5.69 Å². The van der Waals surface area contributed by atoms with Gasteiger partial charge in [0.25, 0.3) is 0 Å². The first-order valence-corrected chi connectivity index (χ1v) is 7.46. The van der Waals surface area contributed by atoms with Crippen LogP contribution in [0.15, 0.2) is 36.4 Å². The Morgan fingerprint density at radius 1 is 1.04 bits per heavy atom. The molecule has 1 aromatic heterocycles. The van der Waals surface area contributed by atoms with Crippen molar-refractivity contribution in [2.75, 3.05) is 0 Å². The van der Waals surface area contributed by atoms with Gasteiger partial charge in [0.15, 0.2) is 11.9 Å². The number of ketones is 2. The van der Waals surface area contributed by atoms with E-state index in [2.05, 4.69) is 4.98 Å². The topological polar surface area (TPSA) is 76.2 Å². The molecule has 1 N–H and O–H groups in total. The minimum Gasteiger partial charge on any atom is -0.450 e. The number of carbonyl (C=O) groups is 3. The van der Waals surface area contributed by atoms with Crippen LogP contribution in [0.1, 0.15) is 57.7 Å². The molecule has 1 unspecified atom stereocenters. The predicted octanol–water partition coefficient (Wildman–Crippen LogP) is 3.21. The highest BCUT2D eigenvalue weighted by Gasteiger charge is 2.21. The van der Waals surface area contributed by atoms with Gasteiger partial charge < -0.3 is 9.72 Å². The molecule has 0 amide bonds. The van der Waals surface area contributed by atoms with Gasteiger partial charge in [-0.1, -0.05) is 31.2 Å². The molecule has 120 valence electrons. The molecule has 2 rings (SSSR count). The zero-order valence-corrected chi connectivity index (χ0v) is 13.4. The van der Waals surface area contributed by atoms with Gasteiger partial charge in [-0.2, -0.15) is 0 Å². The first kappa shape index (κ1) is 16.7. The fourth-order valence-corrected chi connectivity index (χ4v) is 2.14. The van der Waals surface area contributed by atoms with Crippen LogP contribution in [0.25, 0.3) is 0 Å². The summed E-state index contributed by atoms with van der Waals surface area (Å²) in [5.74, 6) is -1.10. The van der Waals surface area contributed by atoms with E-state index in [1.165, 1.54) is 26.0 Å². The van der Waals surface area contributed by atoms with Crippen LogP contribution in [0, 0.1) is 0 Å². The lowest BCUT2D eigenvalue weighted by Crippen LogP contribution is -2.24. The number of aromatic nitrogens is 1. The molecule has 23 heavy (non-hydrogen) atoms. The molecule has 0 fully saturated rings. The van der Waals surface area contributed by atoms with Crippen LogP contribution in [-0.2, 0) is 11.2 Å². The number of carbonyl (C=O) groups excluding carboxylic acids is 3. The molecule has 0 aliphatic carbocycles. The van der Waals surface area contributed by atoms with Crippen molar-refractivity contribution in [1.82, 2.24) is 4.98 Å². The molecule has 0 aliphatic heterocycles. The molecular formula is C18H19NO4. The maximum atomic E-state index is 12.3. The average Bonchev–Trinajstić information content (AvgIpc) is 3.04. The number of H-pyrrole nitrogens is 1. The fraction of sp³-hybridized carbons (Fsp3) is 0.278. The Labute approximate surface area is 134 Å². The van der Waals surface area contributed by atoms with E-state index in [9.17, 15) is 14.4 Å². The lowest BCUT2D eigenvalue weighted by molar-refractivity contribution is 0.0313. The van der Waals surface area contributed by atoms with E-state index in [0.29, 0.717) is 11.3 Å². The van der Waals surface area contributed by atoms with E-state index in [-0.39, 0.29) is 17.3 Å². The van der Waals surface area contributed by atoms with Gasteiger partial charge in [0.2, 0.25) is 5.78 Å². The summed E-state index contributed by atoms with van der Waals surface area (Å²) >= 11 is 0. The van der Waals surface area contributed by atoms with E-state index in [0.717, 1.165) is 12.0 Å². The maximum Gasteiger partial charge on any atom is 0.355 e. The highest BCUT2D eigenvalue weighted by atomic mass is 16.5. The number of esters is 1. The van der Waals surface area contributed by atoms with Crippen LogP contribution in [0.3, 0.4) is 0 Å². The van der Waals surface area contributed by atoms with Crippen molar-refractivity contribution in [2.45, 2.75) is 33.3 Å². The molecule has 5 heteroatoms. The molecule has 0 radical (unpaired) electrons. The molecular weight excluding hydrogens is 294 g/mol. The fourth-order valence-electron chi connectivity index (χ4n) is 2.14. The van der Waals surface area contributed by atoms with Gasteiger partial charge in [-0.3, -0.25) is 9.59 Å². The van der Waals surface area contributed by atoms with E-state index in [4.69, 9.17) is 4.74 Å². The lowest BCUT2D eigenvalue weighted by atomic mass is 10.0. The van der Waals surface area contributed by atoms with Crippen molar-refractivity contribution in [3.63, 3.8) is 0 Å². The molecule has 2 aromatic rings. The van der Waals surface area contributed by atoms with Crippen LogP contribution in [0.2, 0.25) is 0 Å². The third-order valence-corrected chi connectivity index (χ3v) is 3.58. The second-order valence-electron chi connectivity index (χ2n) is 5.30. The lowest BCUT2D eigenvalue weighted by Gasteiger charge is -2.12. The Kier molecular flexibility index (Phi) is 5.11. The van der Waals surface area contributed by atoms with Crippen LogP contribution in [0.4, 0.5) is 0 Å². The Balaban J connectivity index is 2.04. The zero-order chi connectivity index (χ0) is 17.0. The minimum atomic E-state index is -0.904. The molecule has 0 saturated heterocycles. The summed E-state index contributed by atoms with van der Waals surface area (Å²) in [7, 11) is 0. The summed E-state index contributed by atoms with van der Waals surface area (Å²) in [6.45, 7) is 4.96. The van der Waals surface area contributed by atoms with Crippen molar-refractivity contribution in [1.29, 1.82) is 0 Å². The largest absolute Gasteiger partial charge is 0.450 e. The number of hydrogen-bond donors (Lipinski definition) is 1. The molecule has 5 nitrogen and oxygen atoms in total. The molecule has 0 saturated carbocycles. The number of rotatable bonds is 6. The summed E-state index contributed by atoms with van der Waals surface area (Å²) in [6.07, 6.45) is -0.0105. The summed E-state index contributed by atoms with van der Waals surface area (Å²) < 4.78 is 5.17. The van der Waals surface area contributed by atoms with Gasteiger partial charge in [-0.15, -0.1) is 0 Å². The van der Waals surface area contributed by atoms with Crippen molar-refractivity contribution < 1.29 is 19.1 Å². The normalized spacial score (nSPS) is 11.8. The van der Waals surface area contributed by atoms with Gasteiger partial charge in [-0.05, 0) is 31.0 Å². The Hall–Kier alpha value is -2.69. The molecule has 0 spiro atoms. The molecule has 0 aliphatic rings. The van der Waals surface area contributed by atoms with Crippen molar-refractivity contribution in [3.05, 3.63) is 58.9 Å². The number of hydrogen-bond acceptors (Lipinski definition) is 4. The Bertz CT molecular complexity index is 728. The van der Waals surface area contributed by atoms with Crippen LogP contribution in [-0.4, -0.2) is 28.6 Å².